The van der Waals surface area contributed by atoms with Crippen LogP contribution in [0.5, 0.6) is 11.5 Å². The Bertz CT molecular complexity index is 831. The second kappa shape index (κ2) is 7.32. The van der Waals surface area contributed by atoms with Gasteiger partial charge >= 0.3 is 0 Å². The van der Waals surface area contributed by atoms with Gasteiger partial charge in [0.2, 0.25) is 15.9 Å². The highest BCUT2D eigenvalue weighted by Gasteiger charge is 2.18. The molecule has 0 spiro atoms. The van der Waals surface area contributed by atoms with E-state index in [2.05, 4.69) is 15.2 Å². The van der Waals surface area contributed by atoms with Crippen LogP contribution in [0, 0.1) is 6.92 Å². The van der Waals surface area contributed by atoms with Crippen molar-refractivity contribution in [3.63, 3.8) is 0 Å². The third kappa shape index (κ3) is 4.24. The number of benzene rings is 1. The Kier molecular flexibility index (Phi) is 5.42. The minimum atomic E-state index is -3.89. The molecule has 9 nitrogen and oxygen atoms in total. The molecule has 0 aliphatic heterocycles. The summed E-state index contributed by atoms with van der Waals surface area (Å²) >= 11 is 0. The first-order valence-corrected chi connectivity index (χ1v) is 8.29. The van der Waals surface area contributed by atoms with E-state index in [-0.39, 0.29) is 16.5 Å². The van der Waals surface area contributed by atoms with E-state index in [9.17, 15) is 13.2 Å². The largest absolute Gasteiger partial charge is 0.493 e. The van der Waals surface area contributed by atoms with Gasteiger partial charge in [-0.25, -0.2) is 13.1 Å². The zero-order chi connectivity index (χ0) is 17.7. The molecule has 0 unspecified atom stereocenters. The van der Waals surface area contributed by atoms with Crippen molar-refractivity contribution < 1.29 is 27.2 Å². The number of methoxy groups -OCH3 is 2. The van der Waals surface area contributed by atoms with Gasteiger partial charge in [-0.15, -0.1) is 0 Å². The summed E-state index contributed by atoms with van der Waals surface area (Å²) in [6, 6.07) is 5.63. The highest BCUT2D eigenvalue weighted by Crippen LogP contribution is 2.29. The Morgan fingerprint density at radius 3 is 2.50 bits per heavy atom. The van der Waals surface area contributed by atoms with Crippen molar-refractivity contribution in [3.8, 4) is 11.5 Å². The molecular weight excluding hydrogens is 338 g/mol. The van der Waals surface area contributed by atoms with Crippen molar-refractivity contribution in [3.05, 3.63) is 30.0 Å². The van der Waals surface area contributed by atoms with E-state index in [0.29, 0.717) is 11.5 Å². The number of ether oxygens (including phenoxy) is 2. The highest BCUT2D eigenvalue weighted by molar-refractivity contribution is 7.89. The normalized spacial score (nSPS) is 11.1. The number of nitrogens with one attached hydrogen (secondary N) is 2. The lowest BCUT2D eigenvalue weighted by atomic mass is 10.3. The third-order valence-electron chi connectivity index (χ3n) is 2.98. The van der Waals surface area contributed by atoms with E-state index in [1.54, 1.807) is 6.92 Å². The number of aryl methyl sites for hydroxylation is 1. The topological polar surface area (TPSA) is 120 Å². The summed E-state index contributed by atoms with van der Waals surface area (Å²) in [5.74, 6) is 0.824. The molecule has 2 rings (SSSR count). The average Bonchev–Trinajstić information content (AvgIpc) is 2.97. The molecule has 1 heterocycles. The molecule has 10 heteroatoms. The maximum absolute atomic E-state index is 12.2. The number of nitrogens with zero attached hydrogens (tertiary/aromatic N) is 1. The van der Waals surface area contributed by atoms with E-state index in [4.69, 9.17) is 14.0 Å². The van der Waals surface area contributed by atoms with Gasteiger partial charge in [0, 0.05) is 12.1 Å². The van der Waals surface area contributed by atoms with E-state index in [0.717, 1.165) is 0 Å². The predicted octanol–water partition coefficient (Wildman–Crippen LogP) is 0.917. The minimum Gasteiger partial charge on any atom is -0.493 e. The monoisotopic (exact) mass is 355 g/mol. The Labute approximate surface area is 139 Å². The number of hydrogen-bond acceptors (Lipinski definition) is 7. The molecule has 1 aromatic heterocycles. The van der Waals surface area contributed by atoms with Crippen LogP contribution < -0.4 is 19.5 Å². The van der Waals surface area contributed by atoms with Crippen LogP contribution in [0.15, 0.2) is 33.7 Å². The van der Waals surface area contributed by atoms with Gasteiger partial charge in [0.1, 0.15) is 5.76 Å². The molecule has 24 heavy (non-hydrogen) atoms. The second-order valence-corrected chi connectivity index (χ2v) is 6.48. The molecule has 1 amide bonds. The molecule has 0 aliphatic carbocycles. The zero-order valence-electron chi connectivity index (χ0n) is 13.3. The van der Waals surface area contributed by atoms with E-state index in [1.807, 2.05) is 0 Å². The van der Waals surface area contributed by atoms with Crippen molar-refractivity contribution >= 4 is 21.7 Å². The van der Waals surface area contributed by atoms with Crippen LogP contribution in [-0.2, 0) is 14.8 Å². The van der Waals surface area contributed by atoms with E-state index < -0.39 is 22.5 Å². The van der Waals surface area contributed by atoms with Gasteiger partial charge in [-0.05, 0) is 19.1 Å². The molecule has 1 aromatic carbocycles. The molecule has 0 atom stereocenters. The van der Waals surface area contributed by atoms with Crippen molar-refractivity contribution in [2.75, 3.05) is 26.1 Å². The third-order valence-corrected chi connectivity index (χ3v) is 4.38. The fraction of sp³-hybridized carbons (Fsp3) is 0.286. The first-order chi connectivity index (χ1) is 11.4. The number of hydrogen-bond donors (Lipinski definition) is 2. The summed E-state index contributed by atoms with van der Waals surface area (Å²) in [5.41, 5.74) is 0. The Balaban J connectivity index is 2.04. The lowest BCUT2D eigenvalue weighted by Gasteiger charge is -2.10. The molecule has 0 bridgehead atoms. The van der Waals surface area contributed by atoms with Crippen LogP contribution in [0.2, 0.25) is 0 Å². The highest BCUT2D eigenvalue weighted by atomic mass is 32.2. The molecule has 0 saturated heterocycles. The van der Waals surface area contributed by atoms with Gasteiger partial charge in [0.15, 0.2) is 17.3 Å². The summed E-state index contributed by atoms with van der Waals surface area (Å²) < 4.78 is 41.6. The van der Waals surface area contributed by atoms with Crippen molar-refractivity contribution in [2.45, 2.75) is 11.8 Å². The fourth-order valence-corrected chi connectivity index (χ4v) is 2.84. The minimum absolute atomic E-state index is 0.0507. The molecular formula is C14H17N3O6S. The van der Waals surface area contributed by atoms with Gasteiger partial charge in [0.25, 0.3) is 0 Å². The SMILES string of the molecule is COc1ccc(S(=O)(=O)NCC(=O)Nc2cc(C)on2)cc1OC. The van der Waals surface area contributed by atoms with Gasteiger partial charge < -0.3 is 19.3 Å². The summed E-state index contributed by atoms with van der Waals surface area (Å²) in [5, 5.41) is 6.00. The first kappa shape index (κ1) is 17.8. The lowest BCUT2D eigenvalue weighted by Crippen LogP contribution is -2.33. The summed E-state index contributed by atoms with van der Waals surface area (Å²) in [7, 11) is -1.05. The first-order valence-electron chi connectivity index (χ1n) is 6.80. The molecule has 0 aliphatic rings. The Hall–Kier alpha value is -2.59. The Morgan fingerprint density at radius 2 is 1.92 bits per heavy atom. The fourth-order valence-electron chi connectivity index (χ4n) is 1.84. The van der Waals surface area contributed by atoms with Gasteiger partial charge in [-0.1, -0.05) is 5.16 Å². The van der Waals surface area contributed by atoms with Crippen LogP contribution in [0.3, 0.4) is 0 Å². The van der Waals surface area contributed by atoms with E-state index >= 15 is 0 Å². The number of sulfonamides is 1. The van der Waals surface area contributed by atoms with Crippen LogP contribution in [0.1, 0.15) is 5.76 Å². The molecule has 0 saturated carbocycles. The van der Waals surface area contributed by atoms with Crippen molar-refractivity contribution in [1.29, 1.82) is 0 Å². The van der Waals surface area contributed by atoms with Gasteiger partial charge in [-0.3, -0.25) is 4.79 Å². The number of anilines is 1. The standard InChI is InChI=1S/C14H17N3O6S/c1-9-6-13(17-23-9)16-14(18)8-15-24(19,20)10-4-5-11(21-2)12(7-10)22-3/h4-7,15H,8H2,1-3H3,(H,16,17,18). The van der Waals surface area contributed by atoms with E-state index in [1.165, 1.54) is 38.5 Å². The second-order valence-electron chi connectivity index (χ2n) is 4.71. The molecule has 0 radical (unpaired) electrons. The number of rotatable bonds is 7. The summed E-state index contributed by atoms with van der Waals surface area (Å²) in [6.07, 6.45) is 0. The maximum Gasteiger partial charge on any atom is 0.241 e. The van der Waals surface area contributed by atoms with Gasteiger partial charge in [0.05, 0.1) is 25.7 Å². The Morgan fingerprint density at radius 1 is 1.21 bits per heavy atom. The van der Waals surface area contributed by atoms with Crippen LogP contribution in [-0.4, -0.2) is 40.2 Å². The zero-order valence-corrected chi connectivity index (χ0v) is 14.1. The molecule has 130 valence electrons. The van der Waals surface area contributed by atoms with Crippen molar-refractivity contribution in [2.24, 2.45) is 0 Å². The number of carbonyl (C=O) groups is 1. The number of amides is 1. The molecule has 2 N–H and O–H groups in total. The van der Waals surface area contributed by atoms with Crippen LogP contribution in [0.4, 0.5) is 5.82 Å². The summed E-state index contributed by atoms with van der Waals surface area (Å²) in [4.78, 5) is 11.7. The van der Waals surface area contributed by atoms with Gasteiger partial charge in [-0.2, -0.15) is 0 Å². The quantitative estimate of drug-likeness (QED) is 0.757. The van der Waals surface area contributed by atoms with Crippen molar-refractivity contribution in [1.82, 2.24) is 9.88 Å². The van der Waals surface area contributed by atoms with Crippen LogP contribution in [0.25, 0.3) is 0 Å². The lowest BCUT2D eigenvalue weighted by molar-refractivity contribution is -0.115. The predicted molar refractivity (Wildman–Crippen MR) is 84.6 cm³/mol. The molecule has 0 fully saturated rings. The maximum atomic E-state index is 12.2. The summed E-state index contributed by atoms with van der Waals surface area (Å²) in [6.45, 7) is 1.21. The molecule has 2 aromatic rings. The smallest absolute Gasteiger partial charge is 0.241 e. The number of carbonyl (C=O) groups excluding carboxylic acids is 1. The number of aromatic nitrogens is 1. The van der Waals surface area contributed by atoms with Crippen LogP contribution >= 0.6 is 0 Å². The average molecular weight is 355 g/mol.